The molecule has 0 radical (unpaired) electrons. The second-order valence-corrected chi connectivity index (χ2v) is 6.71. The van der Waals surface area contributed by atoms with Gasteiger partial charge in [-0.1, -0.05) is 6.92 Å². The second-order valence-electron chi connectivity index (χ2n) is 6.71. The minimum absolute atomic E-state index is 0.399. The van der Waals surface area contributed by atoms with Gasteiger partial charge in [-0.15, -0.1) is 0 Å². The van der Waals surface area contributed by atoms with E-state index >= 15 is 0 Å². The van der Waals surface area contributed by atoms with Gasteiger partial charge >= 0.3 is 0 Å². The van der Waals surface area contributed by atoms with E-state index in [1.54, 1.807) is 0 Å². The standard InChI is InChI=1S/C17H28N4/c1-3-14-6-7-15(10-19-14)21-11(2)16-13(8-12-4-5-12)9-20-17(16)18/h9,12,14-15,19-20H,3-8,10,18H2,1-2H3/t14-,15+/m1/s1. The third kappa shape index (κ3) is 3.49. The van der Waals surface area contributed by atoms with Gasteiger partial charge in [0, 0.05) is 30.1 Å². The lowest BCUT2D eigenvalue weighted by molar-refractivity contribution is 0.360. The molecule has 0 spiro atoms. The van der Waals surface area contributed by atoms with Gasteiger partial charge in [0.25, 0.3) is 0 Å². The summed E-state index contributed by atoms with van der Waals surface area (Å²) in [6, 6.07) is 1.08. The minimum Gasteiger partial charge on any atom is -0.385 e. The molecule has 4 N–H and O–H groups in total. The molecule has 0 amide bonds. The smallest absolute Gasteiger partial charge is 0.110 e. The fourth-order valence-corrected chi connectivity index (χ4v) is 3.40. The Bertz CT molecular complexity index is 505. The number of nitrogen functional groups attached to an aromatic ring is 1. The summed E-state index contributed by atoms with van der Waals surface area (Å²) in [5.74, 6) is 1.65. The maximum absolute atomic E-state index is 6.14. The first-order chi connectivity index (χ1) is 10.2. The van der Waals surface area contributed by atoms with Gasteiger partial charge in [-0.25, -0.2) is 0 Å². The quantitative estimate of drug-likeness (QED) is 0.729. The fourth-order valence-electron chi connectivity index (χ4n) is 3.40. The van der Waals surface area contributed by atoms with E-state index in [-0.39, 0.29) is 0 Å². The molecule has 2 atom stereocenters. The number of hydrogen-bond acceptors (Lipinski definition) is 3. The molecule has 1 saturated carbocycles. The molecule has 116 valence electrons. The number of H-pyrrole nitrogens is 1. The highest BCUT2D eigenvalue weighted by Crippen LogP contribution is 2.34. The number of hydrogen-bond donors (Lipinski definition) is 3. The van der Waals surface area contributed by atoms with E-state index in [1.807, 2.05) is 0 Å². The molecule has 0 bridgehead atoms. The summed E-state index contributed by atoms with van der Waals surface area (Å²) >= 11 is 0. The number of nitrogens with one attached hydrogen (secondary N) is 2. The molecule has 1 saturated heterocycles. The van der Waals surface area contributed by atoms with Crippen molar-refractivity contribution in [3.05, 3.63) is 17.3 Å². The largest absolute Gasteiger partial charge is 0.385 e. The molecule has 2 heterocycles. The average molecular weight is 288 g/mol. The van der Waals surface area contributed by atoms with Crippen molar-refractivity contribution < 1.29 is 0 Å². The number of rotatable bonds is 5. The summed E-state index contributed by atoms with van der Waals surface area (Å²) in [4.78, 5) is 8.14. The summed E-state index contributed by atoms with van der Waals surface area (Å²) in [7, 11) is 0. The first-order valence-electron chi connectivity index (χ1n) is 8.41. The summed E-state index contributed by atoms with van der Waals surface area (Å²) in [5, 5.41) is 3.59. The van der Waals surface area contributed by atoms with Crippen LogP contribution in [-0.2, 0) is 6.42 Å². The summed E-state index contributed by atoms with van der Waals surface area (Å²) in [6.45, 7) is 5.36. The van der Waals surface area contributed by atoms with Crippen LogP contribution in [0, 0.1) is 5.92 Å². The lowest BCUT2D eigenvalue weighted by Gasteiger charge is -2.27. The number of aromatic amines is 1. The Hall–Kier alpha value is -1.29. The third-order valence-electron chi connectivity index (χ3n) is 4.92. The first kappa shape index (κ1) is 14.6. The second kappa shape index (κ2) is 6.22. The van der Waals surface area contributed by atoms with Gasteiger partial charge < -0.3 is 16.0 Å². The third-order valence-corrected chi connectivity index (χ3v) is 4.92. The van der Waals surface area contributed by atoms with Crippen LogP contribution in [0.4, 0.5) is 5.82 Å². The predicted octanol–water partition coefficient (Wildman–Crippen LogP) is 2.89. The summed E-state index contributed by atoms with van der Waals surface area (Å²) < 4.78 is 0. The maximum Gasteiger partial charge on any atom is 0.110 e. The van der Waals surface area contributed by atoms with Crippen LogP contribution >= 0.6 is 0 Å². The van der Waals surface area contributed by atoms with Crippen molar-refractivity contribution in [3.63, 3.8) is 0 Å². The van der Waals surface area contributed by atoms with Crippen LogP contribution in [0.5, 0.6) is 0 Å². The van der Waals surface area contributed by atoms with Gasteiger partial charge in [0.15, 0.2) is 0 Å². The van der Waals surface area contributed by atoms with Gasteiger partial charge in [-0.2, -0.15) is 0 Å². The number of piperidine rings is 1. The first-order valence-corrected chi connectivity index (χ1v) is 8.41. The van der Waals surface area contributed by atoms with Crippen LogP contribution in [0.25, 0.3) is 0 Å². The number of aliphatic imine (C=N–C) groups is 1. The van der Waals surface area contributed by atoms with Crippen LogP contribution < -0.4 is 11.1 Å². The van der Waals surface area contributed by atoms with Crippen LogP contribution in [-0.4, -0.2) is 29.3 Å². The van der Waals surface area contributed by atoms with Crippen molar-refractivity contribution in [2.75, 3.05) is 12.3 Å². The highest BCUT2D eigenvalue weighted by molar-refractivity contribution is 6.04. The zero-order valence-electron chi connectivity index (χ0n) is 13.3. The lowest BCUT2D eigenvalue weighted by Crippen LogP contribution is -2.40. The molecular weight excluding hydrogens is 260 g/mol. The van der Waals surface area contributed by atoms with E-state index in [1.165, 1.54) is 43.2 Å². The molecule has 4 nitrogen and oxygen atoms in total. The van der Waals surface area contributed by atoms with Crippen molar-refractivity contribution in [1.82, 2.24) is 10.3 Å². The Morgan fingerprint density at radius 3 is 2.76 bits per heavy atom. The monoisotopic (exact) mass is 288 g/mol. The normalized spacial score (nSPS) is 27.0. The number of nitrogens with zero attached hydrogens (tertiary/aromatic N) is 1. The van der Waals surface area contributed by atoms with E-state index in [9.17, 15) is 0 Å². The molecule has 4 heteroatoms. The van der Waals surface area contributed by atoms with Crippen LogP contribution in [0.15, 0.2) is 11.2 Å². The van der Waals surface area contributed by atoms with Crippen molar-refractivity contribution >= 4 is 11.5 Å². The van der Waals surface area contributed by atoms with Gasteiger partial charge in [-0.05, 0) is 56.9 Å². The molecule has 0 unspecified atom stereocenters. The van der Waals surface area contributed by atoms with E-state index in [0.717, 1.165) is 30.4 Å². The fraction of sp³-hybridized carbons (Fsp3) is 0.706. The van der Waals surface area contributed by atoms with Gasteiger partial charge in [0.1, 0.15) is 5.82 Å². The zero-order chi connectivity index (χ0) is 14.8. The topological polar surface area (TPSA) is 66.2 Å². The summed E-state index contributed by atoms with van der Waals surface area (Å²) in [6.07, 6.45) is 9.59. The Morgan fingerprint density at radius 1 is 1.33 bits per heavy atom. The molecule has 2 aliphatic rings. The van der Waals surface area contributed by atoms with Crippen LogP contribution in [0.2, 0.25) is 0 Å². The molecule has 3 rings (SSSR count). The summed E-state index contributed by atoms with van der Waals surface area (Å²) in [5.41, 5.74) is 9.76. The minimum atomic E-state index is 0.399. The molecule has 0 aromatic carbocycles. The van der Waals surface area contributed by atoms with E-state index in [4.69, 9.17) is 10.7 Å². The van der Waals surface area contributed by atoms with E-state index < -0.39 is 0 Å². The molecule has 21 heavy (non-hydrogen) atoms. The number of aromatic nitrogens is 1. The average Bonchev–Trinajstić information content (AvgIpc) is 3.22. The number of anilines is 1. The van der Waals surface area contributed by atoms with Crippen LogP contribution in [0.3, 0.4) is 0 Å². The van der Waals surface area contributed by atoms with Gasteiger partial charge in [-0.3, -0.25) is 4.99 Å². The molecule has 2 fully saturated rings. The molecular formula is C17H28N4. The lowest BCUT2D eigenvalue weighted by atomic mass is 9.98. The Morgan fingerprint density at radius 2 is 2.14 bits per heavy atom. The Balaban J connectivity index is 1.70. The van der Waals surface area contributed by atoms with Gasteiger partial charge in [0.05, 0.1) is 6.04 Å². The van der Waals surface area contributed by atoms with E-state index in [2.05, 4.69) is 30.3 Å². The molecule has 1 aliphatic heterocycles. The van der Waals surface area contributed by atoms with E-state index in [0.29, 0.717) is 12.1 Å². The molecule has 1 aliphatic carbocycles. The molecule has 1 aromatic rings. The Labute approximate surface area is 127 Å². The highest BCUT2D eigenvalue weighted by atomic mass is 15.0. The van der Waals surface area contributed by atoms with Crippen molar-refractivity contribution in [2.45, 2.75) is 64.5 Å². The Kier molecular flexibility index (Phi) is 4.34. The number of nitrogens with two attached hydrogens (primary N) is 1. The van der Waals surface area contributed by atoms with Crippen LogP contribution in [0.1, 0.15) is 57.1 Å². The highest BCUT2D eigenvalue weighted by Gasteiger charge is 2.25. The molecule has 1 aromatic heterocycles. The van der Waals surface area contributed by atoms with Crippen molar-refractivity contribution in [2.24, 2.45) is 10.9 Å². The predicted molar refractivity (Wildman–Crippen MR) is 88.9 cm³/mol. The van der Waals surface area contributed by atoms with Crippen molar-refractivity contribution in [3.8, 4) is 0 Å². The zero-order valence-corrected chi connectivity index (χ0v) is 13.3. The maximum atomic E-state index is 6.14. The van der Waals surface area contributed by atoms with Gasteiger partial charge in [0.2, 0.25) is 0 Å². The van der Waals surface area contributed by atoms with Crippen molar-refractivity contribution in [1.29, 1.82) is 0 Å². The SMILES string of the molecule is CC[C@@H]1CC[C@H](N=C(C)c2c(CC3CC3)c[nH]c2N)CN1.